The first-order valence-corrected chi connectivity index (χ1v) is 5.55. The first kappa shape index (κ1) is 9.89. The van der Waals surface area contributed by atoms with E-state index in [1.807, 2.05) is 12.1 Å². The van der Waals surface area contributed by atoms with Crippen LogP contribution in [0, 0.1) is 3.57 Å². The monoisotopic (exact) mass is 303 g/mol. The Labute approximate surface area is 96.0 Å². The molecule has 0 bridgehead atoms. The molecular formula is C10H10INO2. The zero-order valence-corrected chi connectivity index (χ0v) is 9.95. The van der Waals surface area contributed by atoms with Gasteiger partial charge in [-0.2, -0.15) is 0 Å². The lowest BCUT2D eigenvalue weighted by molar-refractivity contribution is 0.0592. The highest BCUT2D eigenvalue weighted by molar-refractivity contribution is 14.1. The zero-order chi connectivity index (χ0) is 10.1. The molecule has 3 nitrogen and oxygen atoms in total. The fourth-order valence-electron chi connectivity index (χ4n) is 1.30. The molecule has 0 atom stereocenters. The van der Waals surface area contributed by atoms with Gasteiger partial charge in [0, 0.05) is 15.2 Å². The average molecular weight is 303 g/mol. The summed E-state index contributed by atoms with van der Waals surface area (Å²) >= 11 is 2.10. The number of halogens is 1. The van der Waals surface area contributed by atoms with Gasteiger partial charge in [-0.05, 0) is 47.6 Å². The molecule has 2 rings (SSSR count). The number of rotatable bonds is 2. The highest BCUT2D eigenvalue weighted by Gasteiger charge is 2.26. The van der Waals surface area contributed by atoms with E-state index in [1.54, 1.807) is 0 Å². The molecular weight excluding hydrogens is 293 g/mol. The Kier molecular flexibility index (Phi) is 2.71. The lowest BCUT2D eigenvalue weighted by Crippen LogP contribution is -2.08. The maximum absolute atomic E-state index is 11.3. The van der Waals surface area contributed by atoms with Crippen LogP contribution in [0.15, 0.2) is 12.1 Å². The predicted octanol–water partition coefficient (Wildman–Crippen LogP) is 2.35. The van der Waals surface area contributed by atoms with E-state index >= 15 is 0 Å². The molecule has 1 fully saturated rings. The Morgan fingerprint density at radius 2 is 2.29 bits per heavy atom. The molecule has 1 aromatic rings. The fourth-order valence-corrected chi connectivity index (χ4v) is 1.82. The number of methoxy groups -OCH3 is 1. The molecule has 0 spiro atoms. The lowest BCUT2D eigenvalue weighted by atomic mass is 10.2. The Hall–Kier alpha value is -0.650. The third-order valence-corrected chi connectivity index (χ3v) is 3.11. The summed E-state index contributed by atoms with van der Waals surface area (Å²) in [4.78, 5) is 15.7. The number of hydrogen-bond donors (Lipinski definition) is 0. The van der Waals surface area contributed by atoms with Gasteiger partial charge in [0.05, 0.1) is 7.11 Å². The molecule has 1 aliphatic carbocycles. The summed E-state index contributed by atoms with van der Waals surface area (Å²) in [5.74, 6) is 0.215. The topological polar surface area (TPSA) is 39.2 Å². The van der Waals surface area contributed by atoms with Crippen molar-refractivity contribution in [2.45, 2.75) is 18.8 Å². The molecule has 1 aliphatic rings. The maximum atomic E-state index is 11.3. The van der Waals surface area contributed by atoms with Crippen molar-refractivity contribution in [2.75, 3.05) is 7.11 Å². The summed E-state index contributed by atoms with van der Waals surface area (Å²) in [6.45, 7) is 0. The minimum atomic E-state index is -0.350. The number of ether oxygens (including phenoxy) is 1. The van der Waals surface area contributed by atoms with Gasteiger partial charge < -0.3 is 4.74 Å². The van der Waals surface area contributed by atoms with Crippen LogP contribution < -0.4 is 0 Å². The van der Waals surface area contributed by atoms with Crippen LogP contribution in [0.4, 0.5) is 0 Å². The summed E-state index contributed by atoms with van der Waals surface area (Å²) in [5.41, 5.74) is 1.46. The highest BCUT2D eigenvalue weighted by atomic mass is 127. The molecule has 74 valence electrons. The lowest BCUT2D eigenvalue weighted by Gasteiger charge is -2.03. The third kappa shape index (κ3) is 1.89. The Balaban J connectivity index is 2.36. The van der Waals surface area contributed by atoms with Gasteiger partial charge in [-0.1, -0.05) is 0 Å². The molecule has 1 heterocycles. The highest BCUT2D eigenvalue weighted by Crippen LogP contribution is 2.39. The second-order valence-corrected chi connectivity index (χ2v) is 4.49. The summed E-state index contributed by atoms with van der Waals surface area (Å²) in [6, 6.07) is 3.92. The van der Waals surface area contributed by atoms with Gasteiger partial charge in [0.25, 0.3) is 0 Å². The van der Waals surface area contributed by atoms with Crippen LogP contribution in [-0.4, -0.2) is 18.1 Å². The van der Waals surface area contributed by atoms with Crippen molar-refractivity contribution >= 4 is 28.6 Å². The van der Waals surface area contributed by atoms with Crippen molar-refractivity contribution in [1.29, 1.82) is 0 Å². The van der Waals surface area contributed by atoms with E-state index in [9.17, 15) is 4.79 Å². The summed E-state index contributed by atoms with van der Waals surface area (Å²) < 4.78 is 5.51. The van der Waals surface area contributed by atoms with Crippen molar-refractivity contribution in [3.63, 3.8) is 0 Å². The smallest absolute Gasteiger partial charge is 0.357 e. The van der Waals surface area contributed by atoms with Gasteiger partial charge in [-0.3, -0.25) is 0 Å². The predicted molar refractivity (Wildman–Crippen MR) is 60.3 cm³/mol. The Morgan fingerprint density at radius 3 is 2.86 bits per heavy atom. The van der Waals surface area contributed by atoms with Crippen LogP contribution >= 0.6 is 22.6 Å². The molecule has 1 aromatic heterocycles. The second kappa shape index (κ2) is 3.84. The van der Waals surface area contributed by atoms with Crippen LogP contribution in [-0.2, 0) is 4.74 Å². The van der Waals surface area contributed by atoms with Crippen molar-refractivity contribution in [3.8, 4) is 0 Å². The molecule has 0 saturated heterocycles. The van der Waals surface area contributed by atoms with Gasteiger partial charge >= 0.3 is 5.97 Å². The number of pyridine rings is 1. The molecule has 4 heteroatoms. The van der Waals surface area contributed by atoms with Crippen LogP contribution in [0.5, 0.6) is 0 Å². The Morgan fingerprint density at radius 1 is 1.57 bits per heavy atom. The fraction of sp³-hybridized carbons (Fsp3) is 0.400. The van der Waals surface area contributed by atoms with Crippen molar-refractivity contribution < 1.29 is 9.53 Å². The molecule has 0 aromatic carbocycles. The first-order valence-electron chi connectivity index (χ1n) is 4.47. The largest absolute Gasteiger partial charge is 0.464 e. The van der Waals surface area contributed by atoms with Crippen molar-refractivity contribution in [1.82, 2.24) is 4.98 Å². The van der Waals surface area contributed by atoms with Crippen LogP contribution in [0.25, 0.3) is 0 Å². The van der Waals surface area contributed by atoms with Crippen molar-refractivity contribution in [3.05, 3.63) is 27.1 Å². The van der Waals surface area contributed by atoms with Gasteiger partial charge in [0.2, 0.25) is 0 Å². The summed E-state index contributed by atoms with van der Waals surface area (Å²) in [7, 11) is 1.38. The summed E-state index contributed by atoms with van der Waals surface area (Å²) in [5, 5.41) is 0. The quantitative estimate of drug-likeness (QED) is 0.622. The molecule has 1 saturated carbocycles. The molecule has 14 heavy (non-hydrogen) atoms. The molecule has 0 N–H and O–H groups in total. The van der Waals surface area contributed by atoms with E-state index in [4.69, 9.17) is 0 Å². The standard InChI is InChI=1S/C10H10INO2/c1-14-10(13)9-7(11)4-5-8(12-9)6-2-3-6/h4-6H,2-3H2,1H3. The van der Waals surface area contributed by atoms with E-state index in [-0.39, 0.29) is 5.97 Å². The number of aromatic nitrogens is 1. The SMILES string of the molecule is COC(=O)c1nc(C2CC2)ccc1I. The minimum absolute atomic E-state index is 0.350. The summed E-state index contributed by atoms with van der Waals surface area (Å²) in [6.07, 6.45) is 2.38. The number of nitrogens with zero attached hydrogens (tertiary/aromatic N) is 1. The van der Waals surface area contributed by atoms with E-state index in [0.29, 0.717) is 11.6 Å². The number of hydrogen-bond acceptors (Lipinski definition) is 3. The van der Waals surface area contributed by atoms with Gasteiger partial charge in [0.15, 0.2) is 5.69 Å². The number of carbonyl (C=O) groups is 1. The molecule has 0 radical (unpaired) electrons. The zero-order valence-electron chi connectivity index (χ0n) is 7.79. The number of carbonyl (C=O) groups excluding carboxylic acids is 1. The van der Waals surface area contributed by atoms with Crippen LogP contribution in [0.3, 0.4) is 0 Å². The number of esters is 1. The molecule has 0 aliphatic heterocycles. The maximum Gasteiger partial charge on any atom is 0.357 e. The van der Waals surface area contributed by atoms with Crippen LogP contribution in [0.1, 0.15) is 34.9 Å². The van der Waals surface area contributed by atoms with Gasteiger partial charge in [-0.25, -0.2) is 9.78 Å². The van der Waals surface area contributed by atoms with Crippen LogP contribution in [0.2, 0.25) is 0 Å². The molecule has 0 amide bonds. The average Bonchev–Trinajstić information content (AvgIpc) is 3.01. The van der Waals surface area contributed by atoms with E-state index in [1.165, 1.54) is 20.0 Å². The van der Waals surface area contributed by atoms with E-state index in [2.05, 4.69) is 32.3 Å². The third-order valence-electron chi connectivity index (χ3n) is 2.24. The van der Waals surface area contributed by atoms with E-state index in [0.717, 1.165) is 9.26 Å². The van der Waals surface area contributed by atoms with Gasteiger partial charge in [0.1, 0.15) is 0 Å². The Bertz CT molecular complexity index is 374. The van der Waals surface area contributed by atoms with Crippen molar-refractivity contribution in [2.24, 2.45) is 0 Å². The second-order valence-electron chi connectivity index (χ2n) is 3.33. The minimum Gasteiger partial charge on any atom is -0.464 e. The molecule has 0 unspecified atom stereocenters. The normalized spacial score (nSPS) is 15.3. The first-order chi connectivity index (χ1) is 6.72. The van der Waals surface area contributed by atoms with E-state index < -0.39 is 0 Å². The van der Waals surface area contributed by atoms with Gasteiger partial charge in [-0.15, -0.1) is 0 Å².